The lowest BCUT2D eigenvalue weighted by Gasteiger charge is -2.18. The minimum absolute atomic E-state index is 0.0276. The van der Waals surface area contributed by atoms with Crippen LogP contribution < -0.4 is 5.32 Å². The Morgan fingerprint density at radius 3 is 2.48 bits per heavy atom. The van der Waals surface area contributed by atoms with Gasteiger partial charge >= 0.3 is 5.97 Å². The van der Waals surface area contributed by atoms with Gasteiger partial charge in [0.25, 0.3) is 5.91 Å². The summed E-state index contributed by atoms with van der Waals surface area (Å²) in [6.45, 7) is 6.53. The molecule has 2 N–H and O–H groups in total. The van der Waals surface area contributed by atoms with E-state index in [9.17, 15) is 9.59 Å². The van der Waals surface area contributed by atoms with Crippen LogP contribution in [0.1, 0.15) is 49.5 Å². The zero-order chi connectivity index (χ0) is 15.8. The Morgan fingerprint density at radius 2 is 1.90 bits per heavy atom. The monoisotopic (exact) mass is 291 g/mol. The third-order valence-electron chi connectivity index (χ3n) is 3.46. The van der Waals surface area contributed by atoms with Crippen LogP contribution in [-0.4, -0.2) is 23.5 Å². The van der Waals surface area contributed by atoms with Gasteiger partial charge in [-0.15, -0.1) is 0 Å². The van der Waals surface area contributed by atoms with Gasteiger partial charge < -0.3 is 10.4 Å². The van der Waals surface area contributed by atoms with Gasteiger partial charge in [0.1, 0.15) is 0 Å². The summed E-state index contributed by atoms with van der Waals surface area (Å²) in [5.74, 6) is -0.551. The fourth-order valence-corrected chi connectivity index (χ4v) is 2.53. The van der Waals surface area contributed by atoms with Crippen LogP contribution in [0.3, 0.4) is 0 Å². The van der Waals surface area contributed by atoms with Crippen molar-refractivity contribution >= 4 is 11.9 Å². The van der Waals surface area contributed by atoms with E-state index in [1.165, 1.54) is 0 Å². The van der Waals surface area contributed by atoms with Crippen molar-refractivity contribution in [2.75, 3.05) is 6.54 Å². The van der Waals surface area contributed by atoms with Crippen molar-refractivity contribution in [3.8, 4) is 0 Å². The highest BCUT2D eigenvalue weighted by Crippen LogP contribution is 2.15. The number of hydrogen-bond donors (Lipinski definition) is 2. The van der Waals surface area contributed by atoms with Gasteiger partial charge in [-0.1, -0.05) is 39.0 Å². The van der Waals surface area contributed by atoms with Crippen molar-refractivity contribution in [3.05, 3.63) is 35.4 Å². The summed E-state index contributed by atoms with van der Waals surface area (Å²) < 4.78 is 0. The molecule has 1 aromatic carbocycles. The van der Waals surface area contributed by atoms with Crippen LogP contribution in [-0.2, 0) is 11.2 Å². The minimum Gasteiger partial charge on any atom is -0.481 e. The number of aliphatic carboxylic acids is 1. The number of rotatable bonds is 8. The van der Waals surface area contributed by atoms with Crippen LogP contribution in [0.2, 0.25) is 0 Å². The first-order valence-electron chi connectivity index (χ1n) is 7.51. The van der Waals surface area contributed by atoms with Crippen LogP contribution in [0.4, 0.5) is 0 Å². The predicted octanol–water partition coefficient (Wildman–Crippen LogP) is 3.12. The van der Waals surface area contributed by atoms with Gasteiger partial charge in [-0.05, 0) is 36.3 Å². The molecule has 0 radical (unpaired) electrons. The normalized spacial score (nSPS) is 12.2. The Bertz CT molecular complexity index is 483. The summed E-state index contributed by atoms with van der Waals surface area (Å²) in [5.41, 5.74) is 1.69. The molecule has 1 atom stereocenters. The molecule has 0 aliphatic heterocycles. The number of carboxylic acid groups (broad SMARTS) is 1. The average molecular weight is 291 g/mol. The van der Waals surface area contributed by atoms with Gasteiger partial charge in [0.05, 0.1) is 0 Å². The molecule has 0 spiro atoms. The maximum Gasteiger partial charge on any atom is 0.303 e. The third kappa shape index (κ3) is 5.98. The molecule has 116 valence electrons. The van der Waals surface area contributed by atoms with E-state index < -0.39 is 5.97 Å². The van der Waals surface area contributed by atoms with Crippen LogP contribution in [0.5, 0.6) is 0 Å². The van der Waals surface area contributed by atoms with Crippen molar-refractivity contribution in [2.24, 2.45) is 11.8 Å². The van der Waals surface area contributed by atoms with Crippen LogP contribution in [0.15, 0.2) is 24.3 Å². The minimum atomic E-state index is -0.816. The first-order valence-corrected chi connectivity index (χ1v) is 7.51. The second-order valence-electron chi connectivity index (χ2n) is 5.81. The zero-order valence-electron chi connectivity index (χ0n) is 13.1. The maximum absolute atomic E-state index is 12.2. The number of benzene rings is 1. The SMILES string of the molecule is CCc1ccccc1C(=O)NCC(CC(=O)O)CC(C)C. The summed E-state index contributed by atoms with van der Waals surface area (Å²) in [7, 11) is 0. The van der Waals surface area contributed by atoms with E-state index in [1.54, 1.807) is 0 Å². The second kappa shape index (κ2) is 8.45. The highest BCUT2D eigenvalue weighted by Gasteiger charge is 2.17. The molecule has 0 aliphatic rings. The largest absolute Gasteiger partial charge is 0.481 e. The molecule has 0 saturated carbocycles. The highest BCUT2D eigenvalue weighted by atomic mass is 16.4. The molecule has 4 nitrogen and oxygen atoms in total. The van der Waals surface area contributed by atoms with E-state index in [1.807, 2.05) is 31.2 Å². The first kappa shape index (κ1) is 17.2. The van der Waals surface area contributed by atoms with E-state index >= 15 is 0 Å². The summed E-state index contributed by atoms with van der Waals surface area (Å²) in [6, 6.07) is 7.51. The first-order chi connectivity index (χ1) is 9.93. The molecule has 0 bridgehead atoms. The lowest BCUT2D eigenvalue weighted by atomic mass is 9.94. The number of nitrogens with one attached hydrogen (secondary N) is 1. The summed E-state index contributed by atoms with van der Waals surface area (Å²) in [4.78, 5) is 23.1. The number of amides is 1. The van der Waals surface area contributed by atoms with Gasteiger partial charge in [0.2, 0.25) is 0 Å². The number of carboxylic acids is 1. The molecule has 1 rings (SSSR count). The van der Waals surface area contributed by atoms with E-state index in [0.717, 1.165) is 18.4 Å². The Balaban J connectivity index is 2.66. The van der Waals surface area contributed by atoms with Crippen LogP contribution >= 0.6 is 0 Å². The predicted molar refractivity (Wildman–Crippen MR) is 83.4 cm³/mol. The van der Waals surface area contributed by atoms with Crippen molar-refractivity contribution < 1.29 is 14.7 Å². The van der Waals surface area contributed by atoms with E-state index in [0.29, 0.717) is 18.0 Å². The lowest BCUT2D eigenvalue weighted by molar-refractivity contribution is -0.138. The van der Waals surface area contributed by atoms with Crippen molar-refractivity contribution in [1.82, 2.24) is 5.32 Å². The molecule has 0 heterocycles. The standard InChI is InChI=1S/C17H25NO3/c1-4-14-7-5-6-8-15(14)17(21)18-11-13(9-12(2)3)10-16(19)20/h5-8,12-13H,4,9-11H2,1-3H3,(H,18,21)(H,19,20). The van der Waals surface area contributed by atoms with Crippen LogP contribution in [0, 0.1) is 11.8 Å². The molecule has 0 saturated heterocycles. The Labute approximate surface area is 126 Å². The molecule has 0 aliphatic carbocycles. The number of carbonyl (C=O) groups is 2. The number of carbonyl (C=O) groups excluding carboxylic acids is 1. The van der Waals surface area contributed by atoms with Gasteiger partial charge in [-0.2, -0.15) is 0 Å². The van der Waals surface area contributed by atoms with Crippen molar-refractivity contribution in [2.45, 2.75) is 40.0 Å². The fourth-order valence-electron chi connectivity index (χ4n) is 2.53. The third-order valence-corrected chi connectivity index (χ3v) is 3.46. The van der Waals surface area contributed by atoms with E-state index in [2.05, 4.69) is 19.2 Å². The maximum atomic E-state index is 12.2. The van der Waals surface area contributed by atoms with Gasteiger partial charge in [0.15, 0.2) is 0 Å². The lowest BCUT2D eigenvalue weighted by Crippen LogP contribution is -2.31. The summed E-state index contributed by atoms with van der Waals surface area (Å²) in [6.07, 6.45) is 1.68. The summed E-state index contributed by atoms with van der Waals surface area (Å²) >= 11 is 0. The molecule has 0 fully saturated rings. The van der Waals surface area contributed by atoms with Crippen LogP contribution in [0.25, 0.3) is 0 Å². The topological polar surface area (TPSA) is 66.4 Å². The van der Waals surface area contributed by atoms with Gasteiger partial charge in [-0.3, -0.25) is 9.59 Å². The Hall–Kier alpha value is -1.84. The highest BCUT2D eigenvalue weighted by molar-refractivity contribution is 5.95. The number of hydrogen-bond acceptors (Lipinski definition) is 2. The fraction of sp³-hybridized carbons (Fsp3) is 0.529. The Morgan fingerprint density at radius 1 is 1.24 bits per heavy atom. The quantitative estimate of drug-likeness (QED) is 0.773. The molecular formula is C17H25NO3. The second-order valence-corrected chi connectivity index (χ2v) is 5.81. The molecule has 0 aromatic heterocycles. The van der Waals surface area contributed by atoms with E-state index in [4.69, 9.17) is 5.11 Å². The zero-order valence-corrected chi connectivity index (χ0v) is 13.1. The molecule has 4 heteroatoms. The van der Waals surface area contributed by atoms with Gasteiger partial charge in [-0.25, -0.2) is 0 Å². The van der Waals surface area contributed by atoms with Crippen molar-refractivity contribution in [3.63, 3.8) is 0 Å². The molecule has 1 unspecified atom stereocenters. The van der Waals surface area contributed by atoms with Crippen molar-refractivity contribution in [1.29, 1.82) is 0 Å². The molecule has 1 amide bonds. The number of aryl methyl sites for hydroxylation is 1. The molecule has 21 heavy (non-hydrogen) atoms. The molecular weight excluding hydrogens is 266 g/mol. The van der Waals surface area contributed by atoms with E-state index in [-0.39, 0.29) is 18.2 Å². The van der Waals surface area contributed by atoms with Gasteiger partial charge in [0, 0.05) is 18.5 Å². The Kier molecular flexibility index (Phi) is 6.92. The summed E-state index contributed by atoms with van der Waals surface area (Å²) in [5, 5.41) is 11.8. The molecule has 1 aromatic rings. The average Bonchev–Trinajstić information content (AvgIpc) is 2.43. The smallest absolute Gasteiger partial charge is 0.303 e.